The summed E-state index contributed by atoms with van der Waals surface area (Å²) in [5, 5.41) is 0.716. The quantitative estimate of drug-likeness (QED) is 0.679. The zero-order chi connectivity index (χ0) is 14.1. The summed E-state index contributed by atoms with van der Waals surface area (Å²) in [5.74, 6) is -0.735. The van der Waals surface area contributed by atoms with Crippen LogP contribution in [0.5, 0.6) is 5.75 Å². The molecule has 0 aliphatic carbocycles. The van der Waals surface area contributed by atoms with Gasteiger partial charge in [0.1, 0.15) is 11.8 Å². The van der Waals surface area contributed by atoms with E-state index in [2.05, 4.69) is 0 Å². The highest BCUT2D eigenvalue weighted by atomic mass is 19.1. The van der Waals surface area contributed by atoms with Gasteiger partial charge in [0.15, 0.2) is 17.3 Å². The Labute approximate surface area is 114 Å². The number of fused-ring (bicyclic) bond motifs is 1. The summed E-state index contributed by atoms with van der Waals surface area (Å²) in [5.41, 5.74) is 1.31. The van der Waals surface area contributed by atoms with Crippen molar-refractivity contribution in [3.63, 3.8) is 0 Å². The zero-order valence-corrected chi connectivity index (χ0v) is 10.7. The molecule has 20 heavy (non-hydrogen) atoms. The minimum Gasteiger partial charge on any atom is -0.494 e. The minimum atomic E-state index is -0.564. The topological polar surface area (TPSA) is 39.4 Å². The van der Waals surface area contributed by atoms with Crippen LogP contribution in [0.2, 0.25) is 0 Å². The zero-order valence-electron chi connectivity index (χ0n) is 10.7. The van der Waals surface area contributed by atoms with Crippen LogP contribution in [-0.4, -0.2) is 12.9 Å². The third kappa shape index (κ3) is 1.95. The summed E-state index contributed by atoms with van der Waals surface area (Å²) < 4.78 is 23.8. The van der Waals surface area contributed by atoms with E-state index in [-0.39, 0.29) is 17.1 Å². The van der Waals surface area contributed by atoms with E-state index in [1.165, 1.54) is 31.6 Å². The molecule has 3 aromatic rings. The summed E-state index contributed by atoms with van der Waals surface area (Å²) >= 11 is 0. The van der Waals surface area contributed by atoms with E-state index >= 15 is 0 Å². The first-order valence-electron chi connectivity index (χ1n) is 6.05. The number of furan rings is 1. The largest absolute Gasteiger partial charge is 0.494 e. The molecule has 0 saturated carbocycles. The molecule has 4 heteroatoms. The molecule has 3 rings (SSSR count). The Kier molecular flexibility index (Phi) is 2.99. The Bertz CT molecular complexity index is 789. The van der Waals surface area contributed by atoms with Gasteiger partial charge < -0.3 is 9.15 Å². The number of carbonyl (C=O) groups excluding carboxylic acids is 1. The molecule has 3 nitrogen and oxygen atoms in total. The van der Waals surface area contributed by atoms with Gasteiger partial charge in [0.2, 0.25) is 0 Å². The first-order chi connectivity index (χ1) is 9.70. The van der Waals surface area contributed by atoms with Gasteiger partial charge in [-0.15, -0.1) is 0 Å². The van der Waals surface area contributed by atoms with Crippen molar-refractivity contribution in [3.8, 4) is 5.75 Å². The van der Waals surface area contributed by atoms with Crippen molar-refractivity contribution in [2.24, 2.45) is 0 Å². The van der Waals surface area contributed by atoms with Crippen molar-refractivity contribution in [1.82, 2.24) is 0 Å². The number of ether oxygens (including phenoxy) is 1. The normalized spacial score (nSPS) is 10.7. The molecule has 0 spiro atoms. The third-order valence-corrected chi connectivity index (χ3v) is 3.14. The molecule has 0 atom stereocenters. The van der Waals surface area contributed by atoms with Crippen molar-refractivity contribution in [2.75, 3.05) is 7.11 Å². The number of halogens is 1. The van der Waals surface area contributed by atoms with Crippen LogP contribution in [0.15, 0.2) is 53.1 Å². The number of hydrogen-bond acceptors (Lipinski definition) is 3. The minimum absolute atomic E-state index is 0.110. The van der Waals surface area contributed by atoms with Gasteiger partial charge in [-0.25, -0.2) is 4.39 Å². The van der Waals surface area contributed by atoms with Gasteiger partial charge in [-0.05, 0) is 24.3 Å². The van der Waals surface area contributed by atoms with E-state index in [1.54, 1.807) is 12.1 Å². The van der Waals surface area contributed by atoms with Gasteiger partial charge >= 0.3 is 0 Å². The van der Waals surface area contributed by atoms with E-state index in [0.29, 0.717) is 16.5 Å². The fourth-order valence-corrected chi connectivity index (χ4v) is 2.12. The molecule has 0 unspecified atom stereocenters. The van der Waals surface area contributed by atoms with Gasteiger partial charge in [-0.3, -0.25) is 4.79 Å². The van der Waals surface area contributed by atoms with Crippen molar-refractivity contribution in [2.45, 2.75) is 0 Å². The van der Waals surface area contributed by atoms with Gasteiger partial charge in [0.05, 0.1) is 12.7 Å². The van der Waals surface area contributed by atoms with E-state index in [0.717, 1.165) is 0 Å². The maximum Gasteiger partial charge on any atom is 0.196 e. The highest BCUT2D eigenvalue weighted by molar-refractivity contribution is 6.15. The summed E-state index contributed by atoms with van der Waals surface area (Å²) in [6, 6.07) is 11.4. The lowest BCUT2D eigenvalue weighted by Crippen LogP contribution is -2.01. The van der Waals surface area contributed by atoms with Crippen LogP contribution >= 0.6 is 0 Å². The number of methoxy groups -OCH3 is 1. The van der Waals surface area contributed by atoms with Crippen LogP contribution in [0.25, 0.3) is 11.0 Å². The predicted molar refractivity (Wildman–Crippen MR) is 72.6 cm³/mol. The van der Waals surface area contributed by atoms with Crippen molar-refractivity contribution in [1.29, 1.82) is 0 Å². The molecule has 0 N–H and O–H groups in total. The Hall–Kier alpha value is -2.62. The van der Waals surface area contributed by atoms with Crippen LogP contribution < -0.4 is 4.74 Å². The first kappa shape index (κ1) is 12.4. The monoisotopic (exact) mass is 270 g/mol. The maximum atomic E-state index is 13.7. The smallest absolute Gasteiger partial charge is 0.196 e. The third-order valence-electron chi connectivity index (χ3n) is 3.14. The molecule has 0 amide bonds. The van der Waals surface area contributed by atoms with E-state index in [1.807, 2.05) is 12.1 Å². The molecule has 100 valence electrons. The second-order valence-electron chi connectivity index (χ2n) is 4.32. The number of carbonyl (C=O) groups is 1. The molecule has 0 bridgehead atoms. The highest BCUT2D eigenvalue weighted by Crippen LogP contribution is 2.25. The van der Waals surface area contributed by atoms with Crippen molar-refractivity contribution >= 4 is 16.8 Å². The molecule has 0 aliphatic rings. The Balaban J connectivity index is 2.06. The summed E-state index contributed by atoms with van der Waals surface area (Å²) in [7, 11) is 1.38. The summed E-state index contributed by atoms with van der Waals surface area (Å²) in [4.78, 5) is 12.4. The molecule has 1 heterocycles. The second kappa shape index (κ2) is 4.81. The van der Waals surface area contributed by atoms with Crippen molar-refractivity contribution in [3.05, 3.63) is 65.7 Å². The van der Waals surface area contributed by atoms with Crippen LogP contribution in [0.1, 0.15) is 15.9 Å². The molecular formula is C16H11FO3. The van der Waals surface area contributed by atoms with Crippen LogP contribution in [0, 0.1) is 5.82 Å². The molecule has 0 saturated heterocycles. The van der Waals surface area contributed by atoms with E-state index in [4.69, 9.17) is 9.15 Å². The second-order valence-corrected chi connectivity index (χ2v) is 4.32. The molecule has 0 radical (unpaired) electrons. The van der Waals surface area contributed by atoms with E-state index < -0.39 is 5.82 Å². The molecule has 2 aromatic carbocycles. The molecule has 0 aliphatic heterocycles. The Morgan fingerprint density at radius 1 is 1.20 bits per heavy atom. The van der Waals surface area contributed by atoms with E-state index in [9.17, 15) is 9.18 Å². The lowest BCUT2D eigenvalue weighted by atomic mass is 10.0. The van der Waals surface area contributed by atoms with Gasteiger partial charge in [-0.2, -0.15) is 0 Å². The van der Waals surface area contributed by atoms with Gasteiger partial charge in [-0.1, -0.05) is 18.2 Å². The Morgan fingerprint density at radius 3 is 2.75 bits per heavy atom. The maximum absolute atomic E-state index is 13.7. The average molecular weight is 270 g/mol. The van der Waals surface area contributed by atoms with Crippen LogP contribution in [0.3, 0.4) is 0 Å². The fraction of sp³-hybridized carbons (Fsp3) is 0.0625. The summed E-state index contributed by atoms with van der Waals surface area (Å²) in [6.45, 7) is 0. The lowest BCUT2D eigenvalue weighted by Gasteiger charge is -2.03. The number of rotatable bonds is 3. The van der Waals surface area contributed by atoms with Crippen molar-refractivity contribution < 1.29 is 18.3 Å². The molecule has 1 aromatic heterocycles. The van der Waals surface area contributed by atoms with Crippen LogP contribution in [-0.2, 0) is 0 Å². The fourth-order valence-electron chi connectivity index (χ4n) is 2.12. The summed E-state index contributed by atoms with van der Waals surface area (Å²) in [6.07, 6.45) is 1.40. The average Bonchev–Trinajstić information content (AvgIpc) is 2.90. The van der Waals surface area contributed by atoms with Gasteiger partial charge in [0.25, 0.3) is 0 Å². The van der Waals surface area contributed by atoms with Gasteiger partial charge in [0, 0.05) is 10.9 Å². The van der Waals surface area contributed by atoms with Crippen LogP contribution in [0.4, 0.5) is 4.39 Å². The standard InChI is InChI=1S/C16H11FO3/c1-19-15-7-6-10(8-13(15)17)16(18)12-9-20-14-5-3-2-4-11(12)14/h2-9H,1H3. The molecular weight excluding hydrogens is 259 g/mol. The number of benzene rings is 2. The molecule has 0 fully saturated rings. The SMILES string of the molecule is COc1ccc(C(=O)c2coc3ccccc23)cc1F. The lowest BCUT2D eigenvalue weighted by molar-refractivity contribution is 0.103. The number of ketones is 1. The number of para-hydroxylation sites is 1. The predicted octanol–water partition coefficient (Wildman–Crippen LogP) is 3.81. The highest BCUT2D eigenvalue weighted by Gasteiger charge is 2.17. The Morgan fingerprint density at radius 2 is 2.00 bits per heavy atom. The first-order valence-corrected chi connectivity index (χ1v) is 6.05. The number of hydrogen-bond donors (Lipinski definition) is 0.